The summed E-state index contributed by atoms with van der Waals surface area (Å²) in [5.74, 6) is 1.07. The largest absolute Gasteiger partial charge is 0.179 e. The van der Waals surface area contributed by atoms with Crippen LogP contribution in [0.3, 0.4) is 0 Å². The van der Waals surface area contributed by atoms with E-state index in [1.165, 1.54) is 167 Å². The maximum absolute atomic E-state index is 4.27. The molecule has 0 fully saturated rings. The second kappa shape index (κ2) is 28.4. The normalized spacial score (nSPS) is 11.4. The molecule has 0 nitrogen and oxygen atoms in total. The fourth-order valence-corrected chi connectivity index (χ4v) is 4.65. The van der Waals surface area contributed by atoms with Gasteiger partial charge in [-0.3, -0.25) is 0 Å². The second-order valence-electron chi connectivity index (χ2n) is 9.56. The van der Waals surface area contributed by atoms with E-state index in [2.05, 4.69) is 19.6 Å². The minimum Gasteiger partial charge on any atom is -0.179 e. The monoisotopic (exact) mass is 426 g/mol. The summed E-state index contributed by atoms with van der Waals surface area (Å²) in [5.41, 5.74) is 0. The molecule has 0 heterocycles. The summed E-state index contributed by atoms with van der Waals surface area (Å²) in [6.07, 6.45) is 38.1. The Morgan fingerprint density at radius 1 is 0.276 bits per heavy atom. The summed E-state index contributed by atoms with van der Waals surface area (Å²) >= 11 is 4.27. The molecule has 0 N–H and O–H groups in total. The van der Waals surface area contributed by atoms with Gasteiger partial charge in [-0.05, 0) is 12.2 Å². The highest BCUT2D eigenvalue weighted by atomic mass is 32.1. The highest BCUT2D eigenvalue weighted by molar-refractivity contribution is 7.80. The van der Waals surface area contributed by atoms with Gasteiger partial charge in [0.1, 0.15) is 0 Å². The molecule has 0 aromatic rings. The molecular weight excluding hydrogens is 368 g/mol. The van der Waals surface area contributed by atoms with Gasteiger partial charge in [0.25, 0.3) is 0 Å². The third-order valence-corrected chi connectivity index (χ3v) is 6.83. The molecule has 0 rings (SSSR count). The van der Waals surface area contributed by atoms with Gasteiger partial charge in [0.2, 0.25) is 0 Å². The van der Waals surface area contributed by atoms with E-state index in [0.29, 0.717) is 0 Å². The standard InChI is InChI=1S/C28H58S/c1-2-3-4-5-6-7-8-9-10-11-12-13-14-15-16-17-18-19-20-21-22-23-24-25-26-27-28-29/h29H,2-28H2,1H3. The maximum atomic E-state index is 4.27. The Morgan fingerprint density at radius 2 is 0.448 bits per heavy atom. The molecule has 0 aliphatic heterocycles. The minimum absolute atomic E-state index is 1.07. The van der Waals surface area contributed by atoms with Crippen LogP contribution in [-0.2, 0) is 0 Å². The van der Waals surface area contributed by atoms with Gasteiger partial charge in [-0.15, -0.1) is 0 Å². The minimum atomic E-state index is 1.07. The maximum Gasteiger partial charge on any atom is -0.00979 e. The Labute approximate surface area is 192 Å². The Hall–Kier alpha value is 0.350. The van der Waals surface area contributed by atoms with Crippen molar-refractivity contribution in [1.82, 2.24) is 0 Å². The van der Waals surface area contributed by atoms with Crippen molar-refractivity contribution in [3.63, 3.8) is 0 Å². The van der Waals surface area contributed by atoms with Crippen molar-refractivity contribution in [3.8, 4) is 0 Å². The summed E-state index contributed by atoms with van der Waals surface area (Å²) in [7, 11) is 0. The van der Waals surface area contributed by atoms with E-state index in [0.717, 1.165) is 5.75 Å². The Morgan fingerprint density at radius 3 is 0.621 bits per heavy atom. The summed E-state index contributed by atoms with van der Waals surface area (Å²) in [6, 6.07) is 0. The first-order chi connectivity index (χ1) is 14.4. The third-order valence-electron chi connectivity index (χ3n) is 6.51. The van der Waals surface area contributed by atoms with Crippen LogP contribution in [0.1, 0.15) is 174 Å². The summed E-state index contributed by atoms with van der Waals surface area (Å²) in [5, 5.41) is 0. The average Bonchev–Trinajstić information content (AvgIpc) is 2.74. The molecule has 0 saturated heterocycles. The second-order valence-corrected chi connectivity index (χ2v) is 10.0. The zero-order valence-electron chi connectivity index (χ0n) is 20.5. The molecule has 0 radical (unpaired) electrons. The lowest BCUT2D eigenvalue weighted by molar-refractivity contribution is 0.516. The smallest absolute Gasteiger partial charge is 0.00979 e. The Balaban J connectivity index is 2.97. The van der Waals surface area contributed by atoms with Crippen LogP contribution in [0, 0.1) is 0 Å². The van der Waals surface area contributed by atoms with E-state index in [4.69, 9.17) is 0 Å². The van der Waals surface area contributed by atoms with E-state index in [1.807, 2.05) is 0 Å². The Bertz CT molecular complexity index is 237. The summed E-state index contributed by atoms with van der Waals surface area (Å²) in [4.78, 5) is 0. The zero-order valence-corrected chi connectivity index (χ0v) is 21.4. The first kappa shape index (κ1) is 29.4. The van der Waals surface area contributed by atoms with Gasteiger partial charge in [0.15, 0.2) is 0 Å². The molecule has 0 aromatic carbocycles. The molecule has 0 amide bonds. The molecule has 0 saturated carbocycles. The summed E-state index contributed by atoms with van der Waals surface area (Å²) in [6.45, 7) is 2.30. The topological polar surface area (TPSA) is 0 Å². The van der Waals surface area contributed by atoms with Crippen LogP contribution in [0.4, 0.5) is 0 Å². The van der Waals surface area contributed by atoms with Gasteiger partial charge in [-0.1, -0.05) is 167 Å². The molecule has 0 unspecified atom stereocenters. The SMILES string of the molecule is CCCCCCCCCCCCCCCCCCCCCCCCCCCCS. The van der Waals surface area contributed by atoms with Gasteiger partial charge in [0, 0.05) is 0 Å². The average molecular weight is 427 g/mol. The van der Waals surface area contributed by atoms with Crippen molar-refractivity contribution in [2.45, 2.75) is 174 Å². The van der Waals surface area contributed by atoms with Crippen LogP contribution in [-0.4, -0.2) is 5.75 Å². The molecule has 0 aliphatic rings. The van der Waals surface area contributed by atoms with E-state index in [1.54, 1.807) is 0 Å². The van der Waals surface area contributed by atoms with E-state index in [-0.39, 0.29) is 0 Å². The predicted molar refractivity (Wildman–Crippen MR) is 140 cm³/mol. The third kappa shape index (κ3) is 28.4. The van der Waals surface area contributed by atoms with Crippen molar-refractivity contribution >= 4 is 12.6 Å². The van der Waals surface area contributed by atoms with Gasteiger partial charge in [-0.25, -0.2) is 0 Å². The fraction of sp³-hybridized carbons (Fsp3) is 1.00. The number of rotatable bonds is 26. The lowest BCUT2D eigenvalue weighted by Crippen LogP contribution is -1.85. The van der Waals surface area contributed by atoms with Crippen LogP contribution < -0.4 is 0 Å². The predicted octanol–water partition coefficient (Wildman–Crippen LogP) is 11.1. The number of hydrogen-bond donors (Lipinski definition) is 1. The number of unbranched alkanes of at least 4 members (excludes halogenated alkanes) is 25. The molecule has 0 aromatic heterocycles. The van der Waals surface area contributed by atoms with E-state index >= 15 is 0 Å². The molecule has 0 aliphatic carbocycles. The number of thiol groups is 1. The molecule has 0 atom stereocenters. The number of hydrogen-bond acceptors (Lipinski definition) is 1. The summed E-state index contributed by atoms with van der Waals surface area (Å²) < 4.78 is 0. The zero-order chi connectivity index (χ0) is 21.1. The van der Waals surface area contributed by atoms with Crippen molar-refractivity contribution in [1.29, 1.82) is 0 Å². The van der Waals surface area contributed by atoms with Crippen molar-refractivity contribution < 1.29 is 0 Å². The van der Waals surface area contributed by atoms with Crippen molar-refractivity contribution in [2.24, 2.45) is 0 Å². The van der Waals surface area contributed by atoms with Gasteiger partial charge < -0.3 is 0 Å². The first-order valence-electron chi connectivity index (χ1n) is 14.0. The van der Waals surface area contributed by atoms with Crippen LogP contribution in [0.15, 0.2) is 0 Å². The van der Waals surface area contributed by atoms with Crippen LogP contribution in [0.5, 0.6) is 0 Å². The van der Waals surface area contributed by atoms with Gasteiger partial charge in [0.05, 0.1) is 0 Å². The molecule has 0 spiro atoms. The molecule has 1 heteroatoms. The quantitative estimate of drug-likeness (QED) is 0.103. The highest BCUT2D eigenvalue weighted by Gasteiger charge is 1.96. The van der Waals surface area contributed by atoms with E-state index < -0.39 is 0 Å². The van der Waals surface area contributed by atoms with Gasteiger partial charge in [-0.2, -0.15) is 12.6 Å². The lowest BCUT2D eigenvalue weighted by atomic mass is 10.0. The Kier molecular flexibility index (Phi) is 28.7. The molecule has 0 bridgehead atoms. The van der Waals surface area contributed by atoms with Crippen LogP contribution >= 0.6 is 12.6 Å². The van der Waals surface area contributed by atoms with Crippen molar-refractivity contribution in [3.05, 3.63) is 0 Å². The fourth-order valence-electron chi connectivity index (χ4n) is 4.43. The first-order valence-corrected chi connectivity index (χ1v) is 14.7. The molecule has 29 heavy (non-hydrogen) atoms. The van der Waals surface area contributed by atoms with Crippen LogP contribution in [0.25, 0.3) is 0 Å². The van der Waals surface area contributed by atoms with Crippen LogP contribution in [0.2, 0.25) is 0 Å². The van der Waals surface area contributed by atoms with Crippen molar-refractivity contribution in [2.75, 3.05) is 5.75 Å². The lowest BCUT2D eigenvalue weighted by Gasteiger charge is -2.04. The van der Waals surface area contributed by atoms with E-state index in [9.17, 15) is 0 Å². The molecular formula is C28H58S. The highest BCUT2D eigenvalue weighted by Crippen LogP contribution is 2.15. The molecule has 176 valence electrons. The van der Waals surface area contributed by atoms with Gasteiger partial charge >= 0.3 is 0 Å².